The summed E-state index contributed by atoms with van der Waals surface area (Å²) in [7, 11) is 0. The van der Waals surface area contributed by atoms with Crippen LogP contribution < -0.4 is 0 Å². The van der Waals surface area contributed by atoms with Crippen molar-refractivity contribution in [3.8, 4) is 0 Å². The van der Waals surface area contributed by atoms with Crippen LogP contribution in [-0.4, -0.2) is 15.0 Å². The van der Waals surface area contributed by atoms with Gasteiger partial charge in [0.15, 0.2) is 5.65 Å². The first-order valence-electron chi connectivity index (χ1n) is 6.39. The molecule has 3 rings (SSSR count). The second kappa shape index (κ2) is 4.87. The lowest BCUT2D eigenvalue weighted by Crippen LogP contribution is -2.04. The Balaban J connectivity index is 1.84. The van der Waals surface area contributed by atoms with Crippen LogP contribution in [0.15, 0.2) is 36.5 Å². The minimum Gasteiger partial charge on any atom is -0.340 e. The van der Waals surface area contributed by atoms with Gasteiger partial charge in [0.05, 0.1) is 11.1 Å². The second-order valence-electron chi connectivity index (χ2n) is 4.94. The summed E-state index contributed by atoms with van der Waals surface area (Å²) in [5.41, 5.74) is 2.58. The minimum absolute atomic E-state index is 0.438. The number of aryl methyl sites for hydroxylation is 1. The maximum absolute atomic E-state index is 12.5. The van der Waals surface area contributed by atoms with Crippen LogP contribution in [0.3, 0.4) is 0 Å². The summed E-state index contributed by atoms with van der Waals surface area (Å²) in [6.45, 7) is 1.93. The molecule has 0 amide bonds. The zero-order valence-electron chi connectivity index (χ0n) is 11.2. The molecule has 3 nitrogen and oxygen atoms in total. The van der Waals surface area contributed by atoms with E-state index in [-0.39, 0.29) is 0 Å². The summed E-state index contributed by atoms with van der Waals surface area (Å²) >= 11 is 0. The van der Waals surface area contributed by atoms with Crippen molar-refractivity contribution < 1.29 is 13.2 Å². The number of halogens is 3. The molecule has 1 N–H and O–H groups in total. The number of nitrogens with one attached hydrogen (secondary N) is 1. The van der Waals surface area contributed by atoms with E-state index in [1.165, 1.54) is 12.1 Å². The van der Waals surface area contributed by atoms with Crippen molar-refractivity contribution in [2.75, 3.05) is 0 Å². The van der Waals surface area contributed by atoms with E-state index in [1.807, 2.05) is 13.0 Å². The molecular formula is C15H12F3N3. The standard InChI is InChI=1S/C15H12F3N3/c1-9-6-12-14(19-8-9)21-13(20-12)7-10-2-4-11(5-3-10)15(16,17)18/h2-6,8H,7H2,1H3,(H,19,20,21). The van der Waals surface area contributed by atoms with Crippen LogP contribution in [-0.2, 0) is 12.6 Å². The van der Waals surface area contributed by atoms with Gasteiger partial charge >= 0.3 is 6.18 Å². The average molecular weight is 291 g/mol. The Morgan fingerprint density at radius 3 is 2.52 bits per heavy atom. The Morgan fingerprint density at radius 2 is 1.86 bits per heavy atom. The summed E-state index contributed by atoms with van der Waals surface area (Å²) < 4.78 is 37.5. The molecule has 1 aromatic carbocycles. The Hall–Kier alpha value is -2.37. The first kappa shape index (κ1) is 13.6. The van der Waals surface area contributed by atoms with Gasteiger partial charge in [0.2, 0.25) is 0 Å². The van der Waals surface area contributed by atoms with Gasteiger partial charge in [-0.1, -0.05) is 12.1 Å². The minimum atomic E-state index is -4.31. The monoisotopic (exact) mass is 291 g/mol. The predicted octanol–water partition coefficient (Wildman–Crippen LogP) is 3.88. The molecule has 0 radical (unpaired) electrons. The molecule has 2 heterocycles. The van der Waals surface area contributed by atoms with Crippen molar-refractivity contribution >= 4 is 11.2 Å². The van der Waals surface area contributed by atoms with Gasteiger partial charge in [0.1, 0.15) is 5.82 Å². The van der Waals surface area contributed by atoms with Gasteiger partial charge in [-0.25, -0.2) is 9.97 Å². The number of fused-ring (bicyclic) bond motifs is 1. The molecule has 3 aromatic rings. The number of benzene rings is 1. The fraction of sp³-hybridized carbons (Fsp3) is 0.200. The first-order chi connectivity index (χ1) is 9.91. The van der Waals surface area contributed by atoms with Gasteiger partial charge < -0.3 is 4.98 Å². The molecule has 0 bridgehead atoms. The number of pyridine rings is 1. The lowest BCUT2D eigenvalue weighted by Gasteiger charge is -2.06. The van der Waals surface area contributed by atoms with Crippen LogP contribution in [0.25, 0.3) is 11.2 Å². The van der Waals surface area contributed by atoms with E-state index >= 15 is 0 Å². The largest absolute Gasteiger partial charge is 0.416 e. The van der Waals surface area contributed by atoms with Crippen molar-refractivity contribution in [1.82, 2.24) is 15.0 Å². The number of hydrogen-bond donors (Lipinski definition) is 1. The number of H-pyrrole nitrogens is 1. The molecule has 0 aliphatic heterocycles. The Morgan fingerprint density at radius 1 is 1.14 bits per heavy atom. The van der Waals surface area contributed by atoms with Gasteiger partial charge in [0.25, 0.3) is 0 Å². The third kappa shape index (κ3) is 2.89. The maximum atomic E-state index is 12.5. The molecule has 0 aliphatic rings. The van der Waals surface area contributed by atoms with E-state index in [0.717, 1.165) is 28.8 Å². The van der Waals surface area contributed by atoms with Crippen molar-refractivity contribution in [1.29, 1.82) is 0 Å². The van der Waals surface area contributed by atoms with Crippen LogP contribution >= 0.6 is 0 Å². The zero-order chi connectivity index (χ0) is 15.0. The van der Waals surface area contributed by atoms with Gasteiger partial charge in [-0.2, -0.15) is 13.2 Å². The molecular weight excluding hydrogens is 279 g/mol. The SMILES string of the molecule is Cc1cnc2nc(Cc3ccc(C(F)(F)F)cc3)[nH]c2c1. The van der Waals surface area contributed by atoms with Crippen molar-refractivity contribution in [3.63, 3.8) is 0 Å². The lowest BCUT2D eigenvalue weighted by molar-refractivity contribution is -0.137. The molecule has 108 valence electrons. The maximum Gasteiger partial charge on any atom is 0.416 e. The van der Waals surface area contributed by atoms with E-state index < -0.39 is 11.7 Å². The fourth-order valence-electron chi connectivity index (χ4n) is 2.14. The molecule has 6 heteroatoms. The number of imidazole rings is 1. The fourth-order valence-corrected chi connectivity index (χ4v) is 2.14. The van der Waals surface area contributed by atoms with Crippen LogP contribution in [0.1, 0.15) is 22.5 Å². The summed E-state index contributed by atoms with van der Waals surface area (Å²) in [5, 5.41) is 0. The van der Waals surface area contributed by atoms with Crippen LogP contribution in [0, 0.1) is 6.92 Å². The number of hydrogen-bond acceptors (Lipinski definition) is 2. The van der Waals surface area contributed by atoms with Gasteiger partial charge in [-0.3, -0.25) is 0 Å². The summed E-state index contributed by atoms with van der Waals surface area (Å²) in [6, 6.07) is 7.04. The van der Waals surface area contributed by atoms with Crippen molar-refractivity contribution in [3.05, 3.63) is 59.0 Å². The third-order valence-electron chi connectivity index (χ3n) is 3.18. The van der Waals surface area contributed by atoms with Crippen LogP contribution in [0.2, 0.25) is 0 Å². The first-order valence-corrected chi connectivity index (χ1v) is 6.39. The highest BCUT2D eigenvalue weighted by Gasteiger charge is 2.29. The molecule has 0 spiro atoms. The molecule has 0 saturated carbocycles. The molecule has 0 unspecified atom stereocenters. The Bertz CT molecular complexity index is 773. The predicted molar refractivity (Wildman–Crippen MR) is 72.9 cm³/mol. The smallest absolute Gasteiger partial charge is 0.340 e. The van der Waals surface area contributed by atoms with Crippen LogP contribution in [0.4, 0.5) is 13.2 Å². The molecule has 2 aromatic heterocycles. The molecule has 0 fully saturated rings. The van der Waals surface area contributed by atoms with E-state index in [1.54, 1.807) is 6.20 Å². The molecule has 0 atom stereocenters. The van der Waals surface area contributed by atoms with Crippen molar-refractivity contribution in [2.45, 2.75) is 19.5 Å². The van der Waals surface area contributed by atoms with Gasteiger partial charge in [0, 0.05) is 12.6 Å². The van der Waals surface area contributed by atoms with Crippen molar-refractivity contribution in [2.24, 2.45) is 0 Å². The zero-order valence-corrected chi connectivity index (χ0v) is 11.2. The normalized spacial score (nSPS) is 12.0. The topological polar surface area (TPSA) is 41.6 Å². The molecule has 21 heavy (non-hydrogen) atoms. The highest BCUT2D eigenvalue weighted by Crippen LogP contribution is 2.29. The number of aromatic amines is 1. The Labute approximate surface area is 118 Å². The van der Waals surface area contributed by atoms with E-state index in [2.05, 4.69) is 15.0 Å². The summed E-state index contributed by atoms with van der Waals surface area (Å²) in [4.78, 5) is 11.7. The number of rotatable bonds is 2. The quantitative estimate of drug-likeness (QED) is 0.778. The number of nitrogens with zero attached hydrogens (tertiary/aromatic N) is 2. The molecule has 0 saturated heterocycles. The lowest BCUT2D eigenvalue weighted by atomic mass is 10.1. The summed E-state index contributed by atoms with van der Waals surface area (Å²) in [6.07, 6.45) is -2.14. The average Bonchev–Trinajstić information content (AvgIpc) is 2.79. The summed E-state index contributed by atoms with van der Waals surface area (Å²) in [5.74, 6) is 0.683. The van der Waals surface area contributed by atoms with E-state index in [9.17, 15) is 13.2 Å². The highest BCUT2D eigenvalue weighted by atomic mass is 19.4. The van der Waals surface area contributed by atoms with E-state index in [0.29, 0.717) is 17.9 Å². The number of aromatic nitrogens is 3. The number of alkyl halides is 3. The van der Waals surface area contributed by atoms with Gasteiger partial charge in [-0.05, 0) is 36.2 Å². The van der Waals surface area contributed by atoms with E-state index in [4.69, 9.17) is 0 Å². The molecule has 0 aliphatic carbocycles. The second-order valence-corrected chi connectivity index (χ2v) is 4.94. The third-order valence-corrected chi connectivity index (χ3v) is 3.18. The highest BCUT2D eigenvalue weighted by molar-refractivity contribution is 5.71. The van der Waals surface area contributed by atoms with Crippen LogP contribution in [0.5, 0.6) is 0 Å². The van der Waals surface area contributed by atoms with Gasteiger partial charge in [-0.15, -0.1) is 0 Å². The Kier molecular flexibility index (Phi) is 3.16.